The second-order valence-corrected chi connectivity index (χ2v) is 5.18. The third-order valence-corrected chi connectivity index (χ3v) is 2.79. The molecule has 0 atom stereocenters. The number of benzene rings is 1. The van der Waals surface area contributed by atoms with Gasteiger partial charge in [-0.15, -0.1) is 0 Å². The van der Waals surface area contributed by atoms with Crippen molar-refractivity contribution in [1.82, 2.24) is 4.90 Å². The molecule has 1 aromatic rings. The number of hydrogen-bond donors (Lipinski definition) is 1. The Bertz CT molecular complexity index is 374. The van der Waals surface area contributed by atoms with E-state index in [1.807, 2.05) is 38.1 Å². The maximum atomic E-state index is 9.82. The average Bonchev–Trinajstić information content (AvgIpc) is 2.36. The minimum Gasteiger partial charge on any atom is -0.493 e. The normalized spacial score (nSPS) is 11.7. The zero-order valence-corrected chi connectivity index (χ0v) is 12.3. The molecular weight excluding hydrogens is 242 g/mol. The van der Waals surface area contributed by atoms with Crippen LogP contribution in [0.3, 0.4) is 0 Å². The van der Waals surface area contributed by atoms with E-state index in [1.54, 1.807) is 7.11 Å². The Morgan fingerprint density at radius 2 is 1.84 bits per heavy atom. The van der Waals surface area contributed by atoms with Crippen molar-refractivity contribution in [2.75, 3.05) is 33.4 Å². The van der Waals surface area contributed by atoms with Gasteiger partial charge in [-0.3, -0.25) is 4.90 Å². The lowest BCUT2D eigenvalue weighted by Crippen LogP contribution is -2.40. The van der Waals surface area contributed by atoms with Gasteiger partial charge in [-0.2, -0.15) is 0 Å². The number of hydrogen-bond acceptors (Lipinski definition) is 4. The Kier molecular flexibility index (Phi) is 6.12. The van der Waals surface area contributed by atoms with Gasteiger partial charge in [-0.1, -0.05) is 19.1 Å². The van der Waals surface area contributed by atoms with Crippen LogP contribution in [0.15, 0.2) is 24.3 Å². The molecule has 1 rings (SSSR count). The van der Waals surface area contributed by atoms with Crippen LogP contribution in [0.5, 0.6) is 11.5 Å². The number of ether oxygens (including phenoxy) is 2. The molecule has 0 spiro atoms. The number of nitrogens with zero attached hydrogens (tertiary/aromatic N) is 1. The highest BCUT2D eigenvalue weighted by atomic mass is 16.5. The summed E-state index contributed by atoms with van der Waals surface area (Å²) in [7, 11) is 1.63. The first-order valence-electron chi connectivity index (χ1n) is 6.67. The van der Waals surface area contributed by atoms with Crippen LogP contribution in [0.25, 0.3) is 0 Å². The first kappa shape index (κ1) is 15.8. The minimum atomic E-state index is -0.680. The van der Waals surface area contributed by atoms with E-state index in [4.69, 9.17) is 9.47 Å². The number of methoxy groups -OCH3 is 1. The lowest BCUT2D eigenvalue weighted by molar-refractivity contribution is 0.0338. The molecule has 0 aliphatic rings. The third kappa shape index (κ3) is 5.94. The average molecular weight is 267 g/mol. The maximum absolute atomic E-state index is 9.82. The minimum absolute atomic E-state index is 0.574. The summed E-state index contributed by atoms with van der Waals surface area (Å²) in [4.78, 5) is 2.16. The summed E-state index contributed by atoms with van der Waals surface area (Å²) in [5, 5.41) is 9.82. The molecule has 0 bridgehead atoms. The molecule has 1 N–H and O–H groups in total. The van der Waals surface area contributed by atoms with Crippen molar-refractivity contribution < 1.29 is 14.6 Å². The van der Waals surface area contributed by atoms with Crippen molar-refractivity contribution in [1.29, 1.82) is 0 Å². The smallest absolute Gasteiger partial charge is 0.161 e. The molecule has 0 aromatic heterocycles. The van der Waals surface area contributed by atoms with Crippen LogP contribution in [-0.4, -0.2) is 49.0 Å². The van der Waals surface area contributed by atoms with Gasteiger partial charge in [-0.05, 0) is 32.5 Å². The van der Waals surface area contributed by atoms with Crippen LogP contribution in [0.2, 0.25) is 0 Å². The number of rotatable bonds is 8. The quantitative estimate of drug-likeness (QED) is 0.784. The Balaban J connectivity index is 2.44. The zero-order chi connectivity index (χ0) is 14.3. The van der Waals surface area contributed by atoms with Crippen LogP contribution in [-0.2, 0) is 0 Å². The van der Waals surface area contributed by atoms with Gasteiger partial charge in [0.15, 0.2) is 11.5 Å². The lowest BCUT2D eigenvalue weighted by atomic mass is 10.1. The fourth-order valence-corrected chi connectivity index (χ4v) is 1.92. The summed E-state index contributed by atoms with van der Waals surface area (Å²) in [6, 6.07) is 7.61. The fraction of sp³-hybridized carbons (Fsp3) is 0.600. The number of aliphatic hydroxyl groups is 1. The standard InChI is InChI=1S/C15H25NO3/c1-5-16(12-15(2,3)17)10-11-19-14-9-7-6-8-13(14)18-4/h6-9,17H,5,10-12H2,1-4H3. The van der Waals surface area contributed by atoms with E-state index in [0.29, 0.717) is 13.2 Å². The molecular formula is C15H25NO3. The third-order valence-electron chi connectivity index (χ3n) is 2.79. The van der Waals surface area contributed by atoms with Crippen LogP contribution in [0, 0.1) is 0 Å². The van der Waals surface area contributed by atoms with Gasteiger partial charge in [0.05, 0.1) is 12.7 Å². The second kappa shape index (κ2) is 7.36. The maximum Gasteiger partial charge on any atom is 0.161 e. The molecule has 0 aliphatic heterocycles. The fourth-order valence-electron chi connectivity index (χ4n) is 1.92. The molecule has 0 fully saturated rings. The van der Waals surface area contributed by atoms with E-state index in [9.17, 15) is 5.11 Å². The Hall–Kier alpha value is -1.26. The monoisotopic (exact) mass is 267 g/mol. The predicted molar refractivity (Wildman–Crippen MR) is 76.9 cm³/mol. The van der Waals surface area contributed by atoms with Crippen molar-refractivity contribution in [3.8, 4) is 11.5 Å². The van der Waals surface area contributed by atoms with Crippen molar-refractivity contribution in [2.24, 2.45) is 0 Å². The molecule has 1 aromatic carbocycles. The van der Waals surface area contributed by atoms with Crippen molar-refractivity contribution in [3.63, 3.8) is 0 Å². The van der Waals surface area contributed by atoms with Crippen LogP contribution in [0.4, 0.5) is 0 Å². The van der Waals surface area contributed by atoms with Gasteiger partial charge in [0.25, 0.3) is 0 Å². The SMILES string of the molecule is CCN(CCOc1ccccc1OC)CC(C)(C)O. The summed E-state index contributed by atoms with van der Waals surface area (Å²) in [6.45, 7) is 8.59. The Morgan fingerprint density at radius 1 is 1.21 bits per heavy atom. The summed E-state index contributed by atoms with van der Waals surface area (Å²) >= 11 is 0. The van der Waals surface area contributed by atoms with Crippen LogP contribution >= 0.6 is 0 Å². The molecule has 4 heteroatoms. The molecule has 0 heterocycles. The van der Waals surface area contributed by atoms with Crippen molar-refractivity contribution in [2.45, 2.75) is 26.4 Å². The molecule has 0 unspecified atom stereocenters. The van der Waals surface area contributed by atoms with E-state index in [0.717, 1.165) is 24.6 Å². The van der Waals surface area contributed by atoms with Gasteiger partial charge in [-0.25, -0.2) is 0 Å². The van der Waals surface area contributed by atoms with Crippen LogP contribution < -0.4 is 9.47 Å². The molecule has 0 aliphatic carbocycles. The molecule has 0 amide bonds. The van der Waals surface area contributed by atoms with Gasteiger partial charge in [0, 0.05) is 13.1 Å². The first-order chi connectivity index (χ1) is 8.96. The van der Waals surface area contributed by atoms with Crippen molar-refractivity contribution >= 4 is 0 Å². The van der Waals surface area contributed by atoms with E-state index in [-0.39, 0.29) is 0 Å². The van der Waals surface area contributed by atoms with E-state index < -0.39 is 5.60 Å². The molecule has 0 radical (unpaired) electrons. The molecule has 4 nitrogen and oxygen atoms in total. The molecule has 108 valence electrons. The Labute approximate surface area is 115 Å². The summed E-state index contributed by atoms with van der Waals surface area (Å²) < 4.78 is 11.0. The molecule has 19 heavy (non-hydrogen) atoms. The van der Waals surface area contributed by atoms with Gasteiger partial charge in [0.2, 0.25) is 0 Å². The lowest BCUT2D eigenvalue weighted by Gasteiger charge is -2.27. The van der Waals surface area contributed by atoms with Gasteiger partial charge < -0.3 is 14.6 Å². The second-order valence-electron chi connectivity index (χ2n) is 5.18. The first-order valence-corrected chi connectivity index (χ1v) is 6.67. The van der Waals surface area contributed by atoms with Gasteiger partial charge in [0.1, 0.15) is 6.61 Å². The van der Waals surface area contributed by atoms with Crippen LogP contribution in [0.1, 0.15) is 20.8 Å². The molecule has 0 saturated carbocycles. The van der Waals surface area contributed by atoms with E-state index in [1.165, 1.54) is 0 Å². The highest BCUT2D eigenvalue weighted by Gasteiger charge is 2.17. The number of likely N-dealkylation sites (N-methyl/N-ethyl adjacent to an activating group) is 1. The highest BCUT2D eigenvalue weighted by molar-refractivity contribution is 5.39. The largest absolute Gasteiger partial charge is 0.493 e. The van der Waals surface area contributed by atoms with Gasteiger partial charge >= 0.3 is 0 Å². The summed E-state index contributed by atoms with van der Waals surface area (Å²) in [5.74, 6) is 1.50. The summed E-state index contributed by atoms with van der Waals surface area (Å²) in [5.41, 5.74) is -0.680. The van der Waals surface area contributed by atoms with Crippen molar-refractivity contribution in [3.05, 3.63) is 24.3 Å². The molecule has 0 saturated heterocycles. The topological polar surface area (TPSA) is 41.9 Å². The van der Waals surface area contributed by atoms with E-state index >= 15 is 0 Å². The van der Waals surface area contributed by atoms with E-state index in [2.05, 4.69) is 11.8 Å². The number of para-hydroxylation sites is 2. The Morgan fingerprint density at radius 3 is 2.37 bits per heavy atom. The predicted octanol–water partition coefficient (Wildman–Crippen LogP) is 2.17. The zero-order valence-electron chi connectivity index (χ0n) is 12.3. The highest BCUT2D eigenvalue weighted by Crippen LogP contribution is 2.25. The summed E-state index contributed by atoms with van der Waals surface area (Å²) in [6.07, 6.45) is 0.